The van der Waals surface area contributed by atoms with Crippen LogP contribution in [-0.4, -0.2) is 51.7 Å². The summed E-state index contributed by atoms with van der Waals surface area (Å²) in [5, 5.41) is 5.46. The first kappa shape index (κ1) is 22.9. The second-order valence-electron chi connectivity index (χ2n) is 7.37. The quantitative estimate of drug-likeness (QED) is 0.482. The number of piperazine rings is 1. The molecular formula is C22H20Cl3FN4O2. The Morgan fingerprint density at radius 3 is 2.56 bits per heavy atom. The van der Waals surface area contributed by atoms with Gasteiger partial charge in [-0.05, 0) is 35.9 Å². The Balaban J connectivity index is 1.30. The number of halogens is 4. The highest BCUT2D eigenvalue weighted by atomic mass is 35.5. The summed E-state index contributed by atoms with van der Waals surface area (Å²) in [6.45, 7) is 3.23. The van der Waals surface area contributed by atoms with E-state index < -0.39 is 0 Å². The van der Waals surface area contributed by atoms with Crippen molar-refractivity contribution >= 4 is 40.7 Å². The van der Waals surface area contributed by atoms with E-state index >= 15 is 0 Å². The van der Waals surface area contributed by atoms with Gasteiger partial charge in [0.05, 0.1) is 5.02 Å². The molecule has 0 atom stereocenters. The Kier molecular flexibility index (Phi) is 7.20. The molecule has 0 N–H and O–H groups in total. The number of amides is 1. The largest absolute Gasteiger partial charge is 0.470 e. The van der Waals surface area contributed by atoms with Gasteiger partial charge < -0.3 is 9.64 Å². The maximum Gasteiger partial charge on any atom is 0.274 e. The van der Waals surface area contributed by atoms with Gasteiger partial charge in [-0.3, -0.25) is 9.69 Å². The lowest BCUT2D eigenvalue weighted by molar-refractivity contribution is 0.0621. The molecule has 0 bridgehead atoms. The molecule has 3 aromatic rings. The molecule has 1 aliphatic heterocycles. The van der Waals surface area contributed by atoms with Crippen molar-refractivity contribution in [1.29, 1.82) is 0 Å². The van der Waals surface area contributed by atoms with Crippen LogP contribution in [-0.2, 0) is 13.3 Å². The second kappa shape index (κ2) is 10.1. The summed E-state index contributed by atoms with van der Waals surface area (Å²) in [5.74, 6) is -0.0430. The van der Waals surface area contributed by atoms with Crippen molar-refractivity contribution in [3.8, 4) is 5.75 Å². The van der Waals surface area contributed by atoms with E-state index in [1.54, 1.807) is 41.4 Å². The molecule has 0 aliphatic carbocycles. The zero-order chi connectivity index (χ0) is 22.7. The Morgan fingerprint density at radius 2 is 1.81 bits per heavy atom. The van der Waals surface area contributed by atoms with E-state index in [2.05, 4.69) is 10.00 Å². The molecule has 168 valence electrons. The van der Waals surface area contributed by atoms with Crippen molar-refractivity contribution in [3.63, 3.8) is 0 Å². The first-order chi connectivity index (χ1) is 15.4. The van der Waals surface area contributed by atoms with Crippen molar-refractivity contribution < 1.29 is 13.9 Å². The number of benzene rings is 2. The van der Waals surface area contributed by atoms with Gasteiger partial charge in [-0.15, -0.1) is 0 Å². The fourth-order valence-corrected chi connectivity index (χ4v) is 4.01. The first-order valence-corrected chi connectivity index (χ1v) is 11.1. The summed E-state index contributed by atoms with van der Waals surface area (Å²) in [6.07, 6.45) is 1.68. The van der Waals surface area contributed by atoms with Crippen LogP contribution in [0, 0.1) is 5.82 Å². The number of hydrogen-bond acceptors (Lipinski definition) is 4. The van der Waals surface area contributed by atoms with Crippen LogP contribution in [0.25, 0.3) is 0 Å². The lowest BCUT2D eigenvalue weighted by Crippen LogP contribution is -2.48. The summed E-state index contributed by atoms with van der Waals surface area (Å²) < 4.78 is 20.4. The molecular weight excluding hydrogens is 478 g/mol. The summed E-state index contributed by atoms with van der Waals surface area (Å²) >= 11 is 18.2. The van der Waals surface area contributed by atoms with Crippen LogP contribution >= 0.6 is 34.8 Å². The fourth-order valence-electron chi connectivity index (χ4n) is 3.44. The third-order valence-electron chi connectivity index (χ3n) is 5.20. The van der Waals surface area contributed by atoms with Crippen LogP contribution in [0.1, 0.15) is 16.1 Å². The molecule has 4 rings (SSSR count). The van der Waals surface area contributed by atoms with E-state index in [0.29, 0.717) is 59.2 Å². The van der Waals surface area contributed by atoms with Gasteiger partial charge in [0.2, 0.25) is 0 Å². The minimum absolute atomic E-state index is 0.0968. The highest BCUT2D eigenvalue weighted by Crippen LogP contribution is 2.31. The van der Waals surface area contributed by atoms with Gasteiger partial charge in [0.25, 0.3) is 5.91 Å². The average Bonchev–Trinajstić information content (AvgIpc) is 3.26. The van der Waals surface area contributed by atoms with E-state index in [1.165, 1.54) is 16.8 Å². The van der Waals surface area contributed by atoms with Gasteiger partial charge in [0.15, 0.2) is 12.4 Å². The van der Waals surface area contributed by atoms with Crippen LogP contribution < -0.4 is 4.74 Å². The minimum atomic E-state index is -0.352. The summed E-state index contributed by atoms with van der Waals surface area (Å²) in [5.41, 5.74) is 1.22. The van der Waals surface area contributed by atoms with Gasteiger partial charge >= 0.3 is 0 Å². The Bertz CT molecular complexity index is 1120. The lowest BCUT2D eigenvalue weighted by Gasteiger charge is -2.34. The number of carbonyl (C=O) groups excluding carboxylic acids is 1. The van der Waals surface area contributed by atoms with Crippen LogP contribution in [0.3, 0.4) is 0 Å². The molecule has 2 heterocycles. The van der Waals surface area contributed by atoms with Gasteiger partial charge in [0, 0.05) is 43.9 Å². The molecule has 32 heavy (non-hydrogen) atoms. The highest BCUT2D eigenvalue weighted by molar-refractivity contribution is 6.42. The normalized spacial score (nSPS) is 14.6. The topological polar surface area (TPSA) is 50.6 Å². The predicted octanol–water partition coefficient (Wildman–Crippen LogP) is 4.98. The van der Waals surface area contributed by atoms with Crippen LogP contribution in [0.4, 0.5) is 4.39 Å². The lowest BCUT2D eigenvalue weighted by atomic mass is 10.2. The maximum absolute atomic E-state index is 13.2. The van der Waals surface area contributed by atoms with E-state index in [9.17, 15) is 9.18 Å². The first-order valence-electron chi connectivity index (χ1n) is 9.96. The molecule has 2 aromatic carbocycles. The van der Waals surface area contributed by atoms with Crippen molar-refractivity contribution in [2.45, 2.75) is 13.3 Å². The Labute approximate surface area is 200 Å². The number of ether oxygens (including phenoxy) is 1. The molecule has 1 saturated heterocycles. The van der Waals surface area contributed by atoms with Crippen molar-refractivity contribution in [2.24, 2.45) is 0 Å². The average molecular weight is 498 g/mol. The number of carbonyl (C=O) groups is 1. The van der Waals surface area contributed by atoms with Crippen LogP contribution in [0.2, 0.25) is 15.1 Å². The molecule has 1 aliphatic rings. The molecule has 0 unspecified atom stereocenters. The number of rotatable bonds is 6. The van der Waals surface area contributed by atoms with Gasteiger partial charge in [-0.1, -0.05) is 46.9 Å². The summed E-state index contributed by atoms with van der Waals surface area (Å²) in [4.78, 5) is 16.8. The number of nitrogens with zero attached hydrogens (tertiary/aromatic N) is 4. The van der Waals surface area contributed by atoms with Crippen molar-refractivity contribution in [2.75, 3.05) is 26.2 Å². The Morgan fingerprint density at radius 1 is 1.03 bits per heavy atom. The SMILES string of the molecule is O=C(c1ccn(COc2cccc(Cl)c2Cl)n1)N1CCN(Cc2ccc(F)cc2Cl)CC1. The van der Waals surface area contributed by atoms with E-state index in [1.807, 2.05) is 0 Å². The summed E-state index contributed by atoms with van der Waals surface area (Å²) in [7, 11) is 0. The third-order valence-corrected chi connectivity index (χ3v) is 6.35. The standard InChI is InChI=1S/C22H20Cl3FN4O2/c23-17-2-1-3-20(21(17)25)32-14-30-7-6-19(27-30)22(31)29-10-8-28(9-11-29)13-15-4-5-16(26)12-18(15)24/h1-7,12H,8-11,13-14H2. The van der Waals surface area contributed by atoms with E-state index in [4.69, 9.17) is 39.5 Å². The summed E-state index contributed by atoms with van der Waals surface area (Å²) in [6, 6.07) is 11.2. The molecule has 0 saturated carbocycles. The van der Waals surface area contributed by atoms with Crippen LogP contribution in [0.15, 0.2) is 48.7 Å². The maximum atomic E-state index is 13.2. The van der Waals surface area contributed by atoms with Gasteiger partial charge in [-0.25, -0.2) is 9.07 Å². The smallest absolute Gasteiger partial charge is 0.274 e. The molecule has 1 aromatic heterocycles. The molecule has 1 amide bonds. The highest BCUT2D eigenvalue weighted by Gasteiger charge is 2.24. The number of hydrogen-bond donors (Lipinski definition) is 0. The minimum Gasteiger partial charge on any atom is -0.470 e. The molecule has 0 spiro atoms. The van der Waals surface area contributed by atoms with E-state index in [-0.39, 0.29) is 18.5 Å². The third kappa shape index (κ3) is 5.35. The predicted molar refractivity (Wildman–Crippen MR) is 122 cm³/mol. The monoisotopic (exact) mass is 496 g/mol. The van der Waals surface area contributed by atoms with Gasteiger partial charge in [-0.2, -0.15) is 5.10 Å². The molecule has 6 nitrogen and oxygen atoms in total. The molecule has 0 radical (unpaired) electrons. The zero-order valence-corrected chi connectivity index (χ0v) is 19.2. The Hall–Kier alpha value is -2.32. The second-order valence-corrected chi connectivity index (χ2v) is 8.56. The fraction of sp³-hybridized carbons (Fsp3) is 0.273. The van der Waals surface area contributed by atoms with Crippen molar-refractivity contribution in [1.82, 2.24) is 19.6 Å². The molecule has 10 heteroatoms. The van der Waals surface area contributed by atoms with E-state index in [0.717, 1.165) is 5.56 Å². The van der Waals surface area contributed by atoms with Crippen molar-refractivity contribution in [3.05, 3.63) is 80.8 Å². The van der Waals surface area contributed by atoms with Gasteiger partial charge in [0.1, 0.15) is 16.6 Å². The zero-order valence-electron chi connectivity index (χ0n) is 17.0. The number of aromatic nitrogens is 2. The molecule has 1 fully saturated rings. The van der Waals surface area contributed by atoms with Crippen LogP contribution in [0.5, 0.6) is 5.75 Å².